The van der Waals surface area contributed by atoms with E-state index in [1.165, 1.54) is 0 Å². The molecule has 4 nitrogen and oxygen atoms in total. The van der Waals surface area contributed by atoms with Crippen LogP contribution in [0.1, 0.15) is 11.4 Å². The number of rotatable bonds is 3. The van der Waals surface area contributed by atoms with Gasteiger partial charge in [0.15, 0.2) is 0 Å². The average Bonchev–Trinajstić information content (AvgIpc) is 2.80. The first-order chi connectivity index (χ1) is 7.36. The zero-order valence-electron chi connectivity index (χ0n) is 8.01. The Bertz CT molecular complexity index is 457. The Morgan fingerprint density at radius 3 is 2.73 bits per heavy atom. The summed E-state index contributed by atoms with van der Waals surface area (Å²) in [5, 5.41) is 7.78. The molecular weight excluding hydrogens is 188 g/mol. The summed E-state index contributed by atoms with van der Waals surface area (Å²) in [6.45, 7) is 0. The molecule has 15 heavy (non-hydrogen) atoms. The molecule has 0 amide bonds. The first kappa shape index (κ1) is 9.33. The molecule has 0 aliphatic rings. The third kappa shape index (κ3) is 2.37. The van der Waals surface area contributed by atoms with Crippen LogP contribution in [0.15, 0.2) is 43.0 Å². The molecule has 0 unspecified atom stereocenters. The SMILES string of the molecule is N=C(/C=C\c1ncc[nH]1)c1ccncc1. The van der Waals surface area contributed by atoms with Gasteiger partial charge in [-0.2, -0.15) is 0 Å². The number of aromatic nitrogens is 3. The summed E-state index contributed by atoms with van der Waals surface area (Å²) in [7, 11) is 0. The van der Waals surface area contributed by atoms with Gasteiger partial charge < -0.3 is 10.4 Å². The summed E-state index contributed by atoms with van der Waals surface area (Å²) >= 11 is 0. The number of nitrogens with zero attached hydrogens (tertiary/aromatic N) is 2. The number of aromatic amines is 1. The monoisotopic (exact) mass is 198 g/mol. The van der Waals surface area contributed by atoms with Crippen molar-refractivity contribution < 1.29 is 0 Å². The van der Waals surface area contributed by atoms with Crippen molar-refractivity contribution >= 4 is 11.8 Å². The van der Waals surface area contributed by atoms with Gasteiger partial charge in [-0.15, -0.1) is 0 Å². The molecule has 0 aliphatic carbocycles. The van der Waals surface area contributed by atoms with Gasteiger partial charge in [-0.05, 0) is 24.3 Å². The van der Waals surface area contributed by atoms with E-state index < -0.39 is 0 Å². The summed E-state index contributed by atoms with van der Waals surface area (Å²) in [5.74, 6) is 0.744. The van der Waals surface area contributed by atoms with Crippen molar-refractivity contribution in [3.63, 3.8) is 0 Å². The van der Waals surface area contributed by atoms with Crippen LogP contribution in [-0.4, -0.2) is 20.7 Å². The Hall–Kier alpha value is -2.23. The normalized spacial score (nSPS) is 10.7. The van der Waals surface area contributed by atoms with Crippen molar-refractivity contribution in [3.05, 3.63) is 54.4 Å². The quantitative estimate of drug-likeness (QED) is 0.739. The number of imidazole rings is 1. The lowest BCUT2D eigenvalue weighted by Crippen LogP contribution is -1.93. The Morgan fingerprint density at radius 2 is 2.07 bits per heavy atom. The van der Waals surface area contributed by atoms with E-state index in [9.17, 15) is 0 Å². The summed E-state index contributed by atoms with van der Waals surface area (Å²) in [5.41, 5.74) is 1.28. The van der Waals surface area contributed by atoms with Gasteiger partial charge in [-0.3, -0.25) is 4.98 Å². The fourth-order valence-electron chi connectivity index (χ4n) is 1.16. The standard InChI is InChI=1S/C11H10N4/c12-10(9-3-5-13-6-4-9)1-2-11-14-7-8-15-11/h1-8,12H,(H,14,15)/b2-1-,12-10?. The third-order valence-corrected chi connectivity index (χ3v) is 1.92. The van der Waals surface area contributed by atoms with Crippen LogP contribution >= 0.6 is 0 Å². The van der Waals surface area contributed by atoms with Crippen molar-refractivity contribution in [3.8, 4) is 0 Å². The molecule has 4 heteroatoms. The summed E-state index contributed by atoms with van der Waals surface area (Å²) in [6, 6.07) is 3.60. The van der Waals surface area contributed by atoms with Gasteiger partial charge in [-0.25, -0.2) is 4.98 Å². The van der Waals surface area contributed by atoms with Crippen LogP contribution in [0.3, 0.4) is 0 Å². The topological polar surface area (TPSA) is 65.4 Å². The molecule has 2 N–H and O–H groups in total. The maximum Gasteiger partial charge on any atom is 0.129 e. The van der Waals surface area contributed by atoms with E-state index in [1.54, 1.807) is 49.1 Å². The third-order valence-electron chi connectivity index (χ3n) is 1.92. The largest absolute Gasteiger partial charge is 0.345 e. The molecule has 0 fully saturated rings. The van der Waals surface area contributed by atoms with Crippen molar-refractivity contribution in [2.75, 3.05) is 0 Å². The van der Waals surface area contributed by atoms with E-state index >= 15 is 0 Å². The Balaban J connectivity index is 2.11. The molecule has 2 aromatic rings. The predicted molar refractivity (Wildman–Crippen MR) is 58.7 cm³/mol. The van der Waals surface area contributed by atoms with Crippen LogP contribution in [0.4, 0.5) is 0 Å². The predicted octanol–water partition coefficient (Wildman–Crippen LogP) is 1.89. The second kappa shape index (κ2) is 4.32. The second-order valence-electron chi connectivity index (χ2n) is 2.96. The van der Waals surface area contributed by atoms with E-state index in [0.29, 0.717) is 5.71 Å². The molecule has 0 spiro atoms. The molecule has 0 atom stereocenters. The number of nitrogens with one attached hydrogen (secondary N) is 2. The van der Waals surface area contributed by atoms with Gasteiger partial charge in [0.1, 0.15) is 5.82 Å². The first-order valence-corrected chi connectivity index (χ1v) is 4.52. The van der Waals surface area contributed by atoms with E-state index in [2.05, 4.69) is 15.0 Å². The van der Waals surface area contributed by atoms with Crippen molar-refractivity contribution in [1.29, 1.82) is 5.41 Å². The molecule has 2 heterocycles. The van der Waals surface area contributed by atoms with Crippen LogP contribution in [0.2, 0.25) is 0 Å². The lowest BCUT2D eigenvalue weighted by Gasteiger charge is -1.95. The maximum atomic E-state index is 7.78. The van der Waals surface area contributed by atoms with Gasteiger partial charge >= 0.3 is 0 Å². The number of hydrogen-bond acceptors (Lipinski definition) is 3. The number of allylic oxidation sites excluding steroid dienone is 1. The lowest BCUT2D eigenvalue weighted by molar-refractivity contribution is 1.26. The van der Waals surface area contributed by atoms with Gasteiger partial charge in [0.25, 0.3) is 0 Å². The molecule has 0 aromatic carbocycles. The number of pyridine rings is 1. The fourth-order valence-corrected chi connectivity index (χ4v) is 1.16. The van der Waals surface area contributed by atoms with Crippen LogP contribution in [-0.2, 0) is 0 Å². The average molecular weight is 198 g/mol. The zero-order chi connectivity index (χ0) is 10.5. The minimum Gasteiger partial charge on any atom is -0.345 e. The highest BCUT2D eigenvalue weighted by Crippen LogP contribution is 2.01. The van der Waals surface area contributed by atoms with E-state index in [4.69, 9.17) is 5.41 Å². The highest BCUT2D eigenvalue weighted by Gasteiger charge is 1.95. The van der Waals surface area contributed by atoms with Crippen LogP contribution < -0.4 is 0 Å². The molecular formula is C11H10N4. The van der Waals surface area contributed by atoms with Crippen molar-refractivity contribution in [1.82, 2.24) is 15.0 Å². The molecule has 0 bridgehead atoms. The number of H-pyrrole nitrogens is 1. The smallest absolute Gasteiger partial charge is 0.129 e. The molecule has 0 radical (unpaired) electrons. The van der Waals surface area contributed by atoms with Gasteiger partial charge in [0, 0.05) is 30.4 Å². The van der Waals surface area contributed by atoms with Crippen molar-refractivity contribution in [2.45, 2.75) is 0 Å². The summed E-state index contributed by atoms with van der Waals surface area (Å²) in [4.78, 5) is 10.9. The molecule has 74 valence electrons. The minimum absolute atomic E-state index is 0.439. The Morgan fingerprint density at radius 1 is 1.27 bits per heavy atom. The van der Waals surface area contributed by atoms with Crippen LogP contribution in [0, 0.1) is 5.41 Å². The Labute approximate surface area is 87.2 Å². The molecule has 2 aromatic heterocycles. The molecule has 0 saturated carbocycles. The minimum atomic E-state index is 0.439. The molecule has 0 saturated heterocycles. The maximum absolute atomic E-state index is 7.78. The van der Waals surface area contributed by atoms with Gasteiger partial charge in [0.05, 0.1) is 5.71 Å². The molecule has 2 rings (SSSR count). The molecule has 0 aliphatic heterocycles. The summed E-state index contributed by atoms with van der Waals surface area (Å²) < 4.78 is 0. The summed E-state index contributed by atoms with van der Waals surface area (Å²) in [6.07, 6.45) is 10.2. The first-order valence-electron chi connectivity index (χ1n) is 4.52. The van der Waals surface area contributed by atoms with Crippen LogP contribution in [0.25, 0.3) is 6.08 Å². The second-order valence-corrected chi connectivity index (χ2v) is 2.96. The lowest BCUT2D eigenvalue weighted by atomic mass is 10.1. The zero-order valence-corrected chi connectivity index (χ0v) is 8.01. The highest BCUT2D eigenvalue weighted by molar-refractivity contribution is 6.08. The van der Waals surface area contributed by atoms with E-state index in [0.717, 1.165) is 11.4 Å². The van der Waals surface area contributed by atoms with Crippen molar-refractivity contribution in [2.24, 2.45) is 0 Å². The van der Waals surface area contributed by atoms with E-state index in [1.807, 2.05) is 0 Å². The van der Waals surface area contributed by atoms with E-state index in [-0.39, 0.29) is 0 Å². The Kier molecular flexibility index (Phi) is 2.69. The highest BCUT2D eigenvalue weighted by atomic mass is 14.9. The number of hydrogen-bond donors (Lipinski definition) is 2. The fraction of sp³-hybridized carbons (Fsp3) is 0. The van der Waals surface area contributed by atoms with Gasteiger partial charge in [0.2, 0.25) is 0 Å². The van der Waals surface area contributed by atoms with Gasteiger partial charge in [-0.1, -0.05) is 0 Å². The van der Waals surface area contributed by atoms with Crippen LogP contribution in [0.5, 0.6) is 0 Å².